The number of hydrogen-bond donors (Lipinski definition) is 1. The maximum atomic E-state index is 12.0. The zero-order chi connectivity index (χ0) is 11.2. The minimum atomic E-state index is 0.00579. The molecule has 0 saturated carbocycles. The van der Waals surface area contributed by atoms with Gasteiger partial charge < -0.3 is 4.98 Å². The van der Waals surface area contributed by atoms with Crippen LogP contribution in [0, 0.1) is 20.8 Å². The number of nitrogens with zero attached hydrogens (tertiary/aromatic N) is 1. The number of fused-ring (bicyclic) bond motifs is 1. The van der Waals surface area contributed by atoms with Crippen molar-refractivity contribution in [2.45, 2.75) is 20.8 Å². The van der Waals surface area contributed by atoms with Gasteiger partial charge in [0.05, 0.1) is 9.86 Å². The number of aromatic nitrogens is 2. The van der Waals surface area contributed by atoms with Gasteiger partial charge in [-0.05, 0) is 48.3 Å². The first-order chi connectivity index (χ1) is 7.00. The lowest BCUT2D eigenvalue weighted by molar-refractivity contribution is 1.13. The summed E-state index contributed by atoms with van der Waals surface area (Å²) in [4.78, 5) is 19.4. The third-order valence-electron chi connectivity index (χ3n) is 2.41. The zero-order valence-corrected chi connectivity index (χ0v) is 10.4. The quantitative estimate of drug-likeness (QED) is 0.797. The molecule has 15 heavy (non-hydrogen) atoms. The first-order valence-corrected chi connectivity index (χ1v) is 5.46. The van der Waals surface area contributed by atoms with Crippen LogP contribution in [0.1, 0.15) is 17.0 Å². The second-order valence-electron chi connectivity index (χ2n) is 3.70. The Morgan fingerprint density at radius 2 is 2.00 bits per heavy atom. The number of halogens is 1. The van der Waals surface area contributed by atoms with Crippen LogP contribution in [0.15, 0.2) is 15.3 Å². The van der Waals surface area contributed by atoms with Crippen molar-refractivity contribution in [3.63, 3.8) is 0 Å². The summed E-state index contributed by atoms with van der Waals surface area (Å²) in [5.41, 5.74) is 3.35. The van der Waals surface area contributed by atoms with E-state index in [9.17, 15) is 4.79 Å². The molecule has 2 aromatic rings. The average molecular weight is 267 g/mol. The van der Waals surface area contributed by atoms with E-state index < -0.39 is 0 Å². The van der Waals surface area contributed by atoms with Crippen molar-refractivity contribution < 1.29 is 0 Å². The predicted octanol–water partition coefficient (Wildman–Crippen LogP) is 2.61. The predicted molar refractivity (Wildman–Crippen MR) is 64.3 cm³/mol. The number of hydrogen-bond acceptors (Lipinski definition) is 2. The highest BCUT2D eigenvalue weighted by Gasteiger charge is 2.10. The molecule has 4 heteroatoms. The fourth-order valence-corrected chi connectivity index (χ4v) is 2.02. The summed E-state index contributed by atoms with van der Waals surface area (Å²) >= 11 is 3.28. The van der Waals surface area contributed by atoms with E-state index in [4.69, 9.17) is 0 Å². The molecule has 0 aliphatic heterocycles. The summed E-state index contributed by atoms with van der Waals surface area (Å²) in [7, 11) is 0. The second kappa shape index (κ2) is 3.45. The molecule has 0 saturated heterocycles. The van der Waals surface area contributed by atoms with E-state index in [0.29, 0.717) is 15.5 Å². The molecule has 2 rings (SSSR count). The molecule has 0 aliphatic carbocycles. The molecule has 0 amide bonds. The molecule has 0 radical (unpaired) electrons. The van der Waals surface area contributed by atoms with Gasteiger partial charge in [0.1, 0.15) is 5.65 Å². The molecular weight excluding hydrogens is 256 g/mol. The number of pyridine rings is 2. The Bertz CT molecular complexity index is 602. The lowest BCUT2D eigenvalue weighted by Crippen LogP contribution is -2.09. The van der Waals surface area contributed by atoms with E-state index in [2.05, 4.69) is 25.9 Å². The number of aryl methyl sites for hydroxylation is 3. The van der Waals surface area contributed by atoms with Crippen molar-refractivity contribution in [1.29, 1.82) is 0 Å². The number of aromatic amines is 1. The molecular formula is C11H11BrN2O. The van der Waals surface area contributed by atoms with Gasteiger partial charge in [-0.3, -0.25) is 4.79 Å². The van der Waals surface area contributed by atoms with Gasteiger partial charge in [0.2, 0.25) is 5.43 Å². The van der Waals surface area contributed by atoms with Crippen LogP contribution in [0.3, 0.4) is 0 Å². The molecule has 0 fully saturated rings. The lowest BCUT2D eigenvalue weighted by Gasteiger charge is -2.05. The Morgan fingerprint density at radius 1 is 1.33 bits per heavy atom. The van der Waals surface area contributed by atoms with E-state index in [1.165, 1.54) is 0 Å². The third-order valence-corrected chi connectivity index (χ3v) is 3.36. The highest BCUT2D eigenvalue weighted by Crippen LogP contribution is 2.17. The van der Waals surface area contributed by atoms with Crippen LogP contribution < -0.4 is 5.43 Å². The van der Waals surface area contributed by atoms with Crippen molar-refractivity contribution >= 4 is 27.0 Å². The van der Waals surface area contributed by atoms with Gasteiger partial charge in [0.15, 0.2) is 0 Å². The van der Waals surface area contributed by atoms with Crippen LogP contribution in [0.4, 0.5) is 0 Å². The third kappa shape index (κ3) is 1.59. The zero-order valence-electron chi connectivity index (χ0n) is 8.81. The maximum Gasteiger partial charge on any atom is 0.205 e. The lowest BCUT2D eigenvalue weighted by atomic mass is 10.1. The normalized spacial score (nSPS) is 10.9. The van der Waals surface area contributed by atoms with E-state index in [0.717, 1.165) is 17.0 Å². The number of nitrogens with one attached hydrogen (secondary N) is 1. The summed E-state index contributed by atoms with van der Waals surface area (Å²) in [6, 6.07) is 1.92. The smallest absolute Gasteiger partial charge is 0.205 e. The number of rotatable bonds is 0. The standard InChI is InChI=1S/C11H11BrN2O/c1-5-4-6(2)13-11-8(5)10(15)9(12)7(3)14-11/h4H,1-3H3,(H,13,14,15). The summed E-state index contributed by atoms with van der Waals surface area (Å²) in [5.74, 6) is 0. The SMILES string of the molecule is Cc1cc(C)c2c(=O)c(Br)c(C)[nH]c2n1. The largest absolute Gasteiger partial charge is 0.342 e. The van der Waals surface area contributed by atoms with Crippen molar-refractivity contribution in [2.24, 2.45) is 0 Å². The Hall–Kier alpha value is -1.16. The molecule has 0 spiro atoms. The van der Waals surface area contributed by atoms with Crippen LogP contribution >= 0.6 is 15.9 Å². The van der Waals surface area contributed by atoms with Crippen LogP contribution in [0.5, 0.6) is 0 Å². The average Bonchev–Trinajstić information content (AvgIpc) is 2.13. The summed E-state index contributed by atoms with van der Waals surface area (Å²) in [5, 5.41) is 0.665. The molecule has 0 aliphatic rings. The van der Waals surface area contributed by atoms with E-state index >= 15 is 0 Å². The number of H-pyrrole nitrogens is 1. The molecule has 3 nitrogen and oxygen atoms in total. The first-order valence-electron chi connectivity index (χ1n) is 4.67. The van der Waals surface area contributed by atoms with E-state index in [1.807, 2.05) is 26.8 Å². The van der Waals surface area contributed by atoms with Gasteiger partial charge in [-0.1, -0.05) is 0 Å². The van der Waals surface area contributed by atoms with Crippen molar-refractivity contribution in [3.05, 3.63) is 37.7 Å². The minimum Gasteiger partial charge on any atom is -0.342 e. The van der Waals surface area contributed by atoms with Gasteiger partial charge in [-0.15, -0.1) is 0 Å². The van der Waals surface area contributed by atoms with Crippen LogP contribution in [-0.4, -0.2) is 9.97 Å². The molecule has 2 heterocycles. The van der Waals surface area contributed by atoms with Gasteiger partial charge in [-0.2, -0.15) is 0 Å². The van der Waals surface area contributed by atoms with Crippen molar-refractivity contribution in [2.75, 3.05) is 0 Å². The fraction of sp³-hybridized carbons (Fsp3) is 0.273. The van der Waals surface area contributed by atoms with Crippen LogP contribution in [-0.2, 0) is 0 Å². The van der Waals surface area contributed by atoms with Gasteiger partial charge in [0.25, 0.3) is 0 Å². The molecule has 0 unspecified atom stereocenters. The monoisotopic (exact) mass is 266 g/mol. The van der Waals surface area contributed by atoms with Crippen LogP contribution in [0.25, 0.3) is 11.0 Å². The van der Waals surface area contributed by atoms with Gasteiger partial charge in [0, 0.05) is 11.4 Å². The Kier molecular flexibility index (Phi) is 2.38. The Morgan fingerprint density at radius 3 is 2.67 bits per heavy atom. The fourth-order valence-electron chi connectivity index (χ4n) is 1.73. The minimum absolute atomic E-state index is 0.00579. The molecule has 0 aromatic carbocycles. The van der Waals surface area contributed by atoms with Crippen molar-refractivity contribution in [3.8, 4) is 0 Å². The first kappa shape index (κ1) is 10.4. The molecule has 1 N–H and O–H groups in total. The van der Waals surface area contributed by atoms with Crippen molar-refractivity contribution in [1.82, 2.24) is 9.97 Å². The highest BCUT2D eigenvalue weighted by molar-refractivity contribution is 9.10. The highest BCUT2D eigenvalue weighted by atomic mass is 79.9. The van der Waals surface area contributed by atoms with Gasteiger partial charge in [-0.25, -0.2) is 4.98 Å². The summed E-state index contributed by atoms with van der Waals surface area (Å²) in [6.07, 6.45) is 0. The molecule has 0 bridgehead atoms. The maximum absolute atomic E-state index is 12.0. The summed E-state index contributed by atoms with van der Waals surface area (Å²) in [6.45, 7) is 5.69. The van der Waals surface area contributed by atoms with E-state index in [1.54, 1.807) is 0 Å². The van der Waals surface area contributed by atoms with Gasteiger partial charge >= 0.3 is 0 Å². The Labute approximate surface area is 95.7 Å². The second-order valence-corrected chi connectivity index (χ2v) is 4.49. The molecule has 78 valence electrons. The topological polar surface area (TPSA) is 45.8 Å². The molecule has 2 aromatic heterocycles. The van der Waals surface area contributed by atoms with E-state index in [-0.39, 0.29) is 5.43 Å². The Balaban J connectivity index is 3.06. The molecule has 0 atom stereocenters. The summed E-state index contributed by atoms with van der Waals surface area (Å²) < 4.78 is 0.587. The van der Waals surface area contributed by atoms with Crippen LogP contribution in [0.2, 0.25) is 0 Å².